The number of rotatable bonds is 2. The second-order valence-electron chi connectivity index (χ2n) is 5.55. The number of aromatic nitrogens is 1. The van der Waals surface area contributed by atoms with Gasteiger partial charge in [0.15, 0.2) is 0 Å². The molecule has 1 heterocycles. The third-order valence-corrected chi connectivity index (χ3v) is 4.13. The molecule has 1 aliphatic carbocycles. The van der Waals surface area contributed by atoms with E-state index in [1.54, 1.807) is 12.1 Å². The van der Waals surface area contributed by atoms with Gasteiger partial charge < -0.3 is 10.3 Å². The summed E-state index contributed by atoms with van der Waals surface area (Å²) in [6.45, 7) is 2.20. The van der Waals surface area contributed by atoms with Gasteiger partial charge in [0.2, 0.25) is 5.88 Å². The third kappa shape index (κ3) is 2.01. The summed E-state index contributed by atoms with van der Waals surface area (Å²) in [5, 5.41) is 4.17. The number of hydrogen-bond donors (Lipinski definition) is 1. The fourth-order valence-corrected chi connectivity index (χ4v) is 3.00. The molecule has 0 unspecified atom stereocenters. The van der Waals surface area contributed by atoms with Crippen molar-refractivity contribution >= 4 is 5.88 Å². The van der Waals surface area contributed by atoms with Gasteiger partial charge in [0.05, 0.1) is 11.3 Å². The summed E-state index contributed by atoms with van der Waals surface area (Å²) in [5.74, 6) is 0.0575. The minimum atomic E-state index is -0.257. The average Bonchev–Trinajstić information content (AvgIpc) is 2.98. The van der Waals surface area contributed by atoms with Crippen molar-refractivity contribution in [3.05, 3.63) is 35.8 Å². The van der Waals surface area contributed by atoms with Crippen LogP contribution in [0.15, 0.2) is 28.8 Å². The van der Waals surface area contributed by atoms with E-state index < -0.39 is 0 Å². The van der Waals surface area contributed by atoms with Gasteiger partial charge >= 0.3 is 0 Å². The lowest BCUT2D eigenvalue weighted by molar-refractivity contribution is 0.386. The Morgan fingerprint density at radius 3 is 2.47 bits per heavy atom. The molecular formula is C15H17FN2O. The largest absolute Gasteiger partial charge is 0.367 e. The number of nitrogens with zero attached hydrogens (tertiary/aromatic N) is 1. The van der Waals surface area contributed by atoms with Crippen LogP contribution in [0, 0.1) is 5.82 Å². The van der Waals surface area contributed by atoms with E-state index in [-0.39, 0.29) is 11.2 Å². The highest BCUT2D eigenvalue weighted by Crippen LogP contribution is 2.45. The molecule has 1 aromatic carbocycles. The molecule has 3 nitrogen and oxygen atoms in total. The van der Waals surface area contributed by atoms with Crippen molar-refractivity contribution in [2.45, 2.75) is 38.0 Å². The maximum absolute atomic E-state index is 13.0. The number of nitrogens with two attached hydrogens (primary N) is 1. The van der Waals surface area contributed by atoms with Gasteiger partial charge in [0, 0.05) is 5.41 Å². The molecule has 0 aliphatic heterocycles. The van der Waals surface area contributed by atoms with Crippen LogP contribution in [0.2, 0.25) is 0 Å². The summed E-state index contributed by atoms with van der Waals surface area (Å²) in [7, 11) is 0. The Bertz CT molecular complexity index is 583. The van der Waals surface area contributed by atoms with Crippen LogP contribution in [0.25, 0.3) is 11.1 Å². The van der Waals surface area contributed by atoms with Gasteiger partial charge in [-0.05, 0) is 30.5 Å². The highest BCUT2D eigenvalue weighted by molar-refractivity contribution is 5.76. The zero-order valence-electron chi connectivity index (χ0n) is 10.9. The van der Waals surface area contributed by atoms with Gasteiger partial charge in [-0.3, -0.25) is 0 Å². The molecule has 1 saturated carbocycles. The van der Waals surface area contributed by atoms with Gasteiger partial charge in [0.1, 0.15) is 5.82 Å². The summed E-state index contributed by atoms with van der Waals surface area (Å²) < 4.78 is 18.2. The molecule has 2 N–H and O–H groups in total. The zero-order chi connectivity index (χ0) is 13.5. The summed E-state index contributed by atoms with van der Waals surface area (Å²) in [4.78, 5) is 0. The number of nitrogen functional groups attached to an aromatic ring is 1. The van der Waals surface area contributed by atoms with Crippen LogP contribution in [0.1, 0.15) is 38.3 Å². The van der Waals surface area contributed by atoms with Crippen LogP contribution in [0.5, 0.6) is 0 Å². The molecule has 0 amide bonds. The van der Waals surface area contributed by atoms with E-state index in [0.717, 1.165) is 29.7 Å². The van der Waals surface area contributed by atoms with Crippen molar-refractivity contribution in [3.63, 3.8) is 0 Å². The molecule has 1 aliphatic rings. The molecule has 4 heteroatoms. The summed E-state index contributed by atoms with van der Waals surface area (Å²) in [5.41, 5.74) is 8.53. The highest BCUT2D eigenvalue weighted by atomic mass is 19.1. The van der Waals surface area contributed by atoms with E-state index >= 15 is 0 Å². The number of anilines is 1. The average molecular weight is 260 g/mol. The Morgan fingerprint density at radius 2 is 1.84 bits per heavy atom. The lowest BCUT2D eigenvalue weighted by Crippen LogP contribution is -2.18. The summed E-state index contributed by atoms with van der Waals surface area (Å²) in [6.07, 6.45) is 4.58. The smallest absolute Gasteiger partial charge is 0.230 e. The molecule has 19 heavy (non-hydrogen) atoms. The minimum absolute atomic E-state index is 0.0187. The van der Waals surface area contributed by atoms with E-state index in [0.29, 0.717) is 5.88 Å². The molecular weight excluding hydrogens is 243 g/mol. The van der Waals surface area contributed by atoms with E-state index in [2.05, 4.69) is 12.1 Å². The summed E-state index contributed by atoms with van der Waals surface area (Å²) >= 11 is 0. The van der Waals surface area contributed by atoms with Gasteiger partial charge in [-0.25, -0.2) is 4.39 Å². The first kappa shape index (κ1) is 12.2. The van der Waals surface area contributed by atoms with Crippen LogP contribution in [-0.4, -0.2) is 5.16 Å². The first-order valence-corrected chi connectivity index (χ1v) is 6.62. The van der Waals surface area contributed by atoms with Crippen molar-refractivity contribution < 1.29 is 8.91 Å². The predicted octanol–water partition coefficient (Wildman–Crippen LogP) is 3.89. The van der Waals surface area contributed by atoms with Crippen LogP contribution < -0.4 is 5.73 Å². The van der Waals surface area contributed by atoms with Crippen LogP contribution in [0.4, 0.5) is 10.3 Å². The van der Waals surface area contributed by atoms with E-state index in [4.69, 9.17) is 10.3 Å². The molecule has 1 aromatic heterocycles. The van der Waals surface area contributed by atoms with Crippen molar-refractivity contribution in [3.8, 4) is 11.1 Å². The first-order chi connectivity index (χ1) is 9.10. The second kappa shape index (κ2) is 4.37. The Balaban J connectivity index is 2.11. The lowest BCUT2D eigenvalue weighted by Gasteiger charge is -2.21. The van der Waals surface area contributed by atoms with Crippen LogP contribution >= 0.6 is 0 Å². The standard InChI is InChI=1S/C15H17FN2O/c1-15(8-2-3-9-15)13-12(14(17)19-18-13)10-4-6-11(16)7-5-10/h4-7H,2-3,8-9,17H2,1H3. The molecule has 2 aromatic rings. The van der Waals surface area contributed by atoms with Gasteiger partial charge in [-0.1, -0.05) is 37.1 Å². The number of halogens is 1. The topological polar surface area (TPSA) is 52.0 Å². The predicted molar refractivity (Wildman–Crippen MR) is 72.1 cm³/mol. The third-order valence-electron chi connectivity index (χ3n) is 4.13. The number of benzene rings is 1. The van der Waals surface area contributed by atoms with Crippen molar-refractivity contribution in [2.24, 2.45) is 0 Å². The molecule has 0 bridgehead atoms. The van der Waals surface area contributed by atoms with Crippen molar-refractivity contribution in [1.29, 1.82) is 0 Å². The Morgan fingerprint density at radius 1 is 1.21 bits per heavy atom. The maximum Gasteiger partial charge on any atom is 0.230 e. The SMILES string of the molecule is CC1(c2noc(N)c2-c2ccc(F)cc2)CCCC1. The molecule has 100 valence electrons. The van der Waals surface area contributed by atoms with E-state index in [1.807, 2.05) is 0 Å². The highest BCUT2D eigenvalue weighted by Gasteiger charge is 2.37. The van der Waals surface area contributed by atoms with Crippen LogP contribution in [0.3, 0.4) is 0 Å². The van der Waals surface area contributed by atoms with E-state index in [1.165, 1.54) is 25.0 Å². The normalized spacial score (nSPS) is 17.8. The van der Waals surface area contributed by atoms with Gasteiger partial charge in [-0.2, -0.15) is 0 Å². The Labute approximate surface area is 111 Å². The molecule has 0 spiro atoms. The molecule has 0 saturated heterocycles. The fourth-order valence-electron chi connectivity index (χ4n) is 3.00. The van der Waals surface area contributed by atoms with Gasteiger partial charge in [-0.15, -0.1) is 0 Å². The lowest BCUT2D eigenvalue weighted by atomic mass is 9.81. The Kier molecular flexibility index (Phi) is 2.81. The quantitative estimate of drug-likeness (QED) is 0.891. The summed E-state index contributed by atoms with van der Waals surface area (Å²) in [6, 6.07) is 6.31. The molecule has 3 rings (SSSR count). The van der Waals surface area contributed by atoms with Crippen molar-refractivity contribution in [2.75, 3.05) is 5.73 Å². The first-order valence-electron chi connectivity index (χ1n) is 6.62. The second-order valence-corrected chi connectivity index (χ2v) is 5.55. The van der Waals surface area contributed by atoms with Crippen LogP contribution in [-0.2, 0) is 5.41 Å². The van der Waals surface area contributed by atoms with Gasteiger partial charge in [0.25, 0.3) is 0 Å². The number of hydrogen-bond acceptors (Lipinski definition) is 3. The zero-order valence-corrected chi connectivity index (χ0v) is 10.9. The van der Waals surface area contributed by atoms with E-state index in [9.17, 15) is 4.39 Å². The minimum Gasteiger partial charge on any atom is -0.367 e. The molecule has 1 fully saturated rings. The molecule has 0 atom stereocenters. The monoisotopic (exact) mass is 260 g/mol. The Hall–Kier alpha value is -1.84. The fraction of sp³-hybridized carbons (Fsp3) is 0.400. The maximum atomic E-state index is 13.0. The molecule has 0 radical (unpaired) electrons. The van der Waals surface area contributed by atoms with Crippen molar-refractivity contribution in [1.82, 2.24) is 5.16 Å².